The SMILES string of the molecule is COc1ccccc1CN1CCN(S(=O)(=O)c2ccc3c(c2)OCO3)CC1. The Hall–Kier alpha value is -2.29. The van der Waals surface area contributed by atoms with E-state index in [0.29, 0.717) is 37.7 Å². The zero-order valence-corrected chi connectivity index (χ0v) is 15.9. The Labute approximate surface area is 159 Å². The van der Waals surface area contributed by atoms with Crippen molar-refractivity contribution < 1.29 is 22.6 Å². The highest BCUT2D eigenvalue weighted by molar-refractivity contribution is 7.89. The molecule has 0 aliphatic carbocycles. The number of ether oxygens (including phenoxy) is 3. The Morgan fingerprint density at radius 3 is 2.52 bits per heavy atom. The van der Waals surface area contributed by atoms with E-state index in [2.05, 4.69) is 4.90 Å². The molecule has 0 amide bonds. The zero-order chi connectivity index (χ0) is 18.9. The van der Waals surface area contributed by atoms with Gasteiger partial charge >= 0.3 is 0 Å². The number of methoxy groups -OCH3 is 1. The average molecular weight is 390 g/mol. The van der Waals surface area contributed by atoms with Gasteiger partial charge in [0.2, 0.25) is 16.8 Å². The van der Waals surface area contributed by atoms with Gasteiger partial charge in [0.05, 0.1) is 12.0 Å². The van der Waals surface area contributed by atoms with Crippen LogP contribution in [0.4, 0.5) is 0 Å². The van der Waals surface area contributed by atoms with Crippen LogP contribution in [0.1, 0.15) is 5.56 Å². The predicted octanol–water partition coefficient (Wildman–Crippen LogP) is 1.93. The van der Waals surface area contributed by atoms with Crippen molar-refractivity contribution in [3.63, 3.8) is 0 Å². The van der Waals surface area contributed by atoms with Gasteiger partial charge in [-0.3, -0.25) is 4.90 Å². The standard InChI is InChI=1S/C19H22N2O5S/c1-24-17-5-3-2-4-15(17)13-20-8-10-21(11-9-20)27(22,23)16-6-7-18-19(12-16)26-14-25-18/h2-7,12H,8-11,13-14H2,1H3. The fourth-order valence-electron chi connectivity index (χ4n) is 3.39. The Morgan fingerprint density at radius 2 is 1.74 bits per heavy atom. The lowest BCUT2D eigenvalue weighted by Crippen LogP contribution is -2.48. The summed E-state index contributed by atoms with van der Waals surface area (Å²) in [6.07, 6.45) is 0. The second kappa shape index (κ2) is 7.38. The molecule has 144 valence electrons. The van der Waals surface area contributed by atoms with Crippen LogP contribution in [0.5, 0.6) is 17.2 Å². The maximum absolute atomic E-state index is 12.9. The second-order valence-corrected chi connectivity index (χ2v) is 8.45. The van der Waals surface area contributed by atoms with Crippen LogP contribution in [0.25, 0.3) is 0 Å². The summed E-state index contributed by atoms with van der Waals surface area (Å²) in [4.78, 5) is 2.48. The first kappa shape index (κ1) is 18.1. The van der Waals surface area contributed by atoms with Crippen molar-refractivity contribution in [2.75, 3.05) is 40.1 Å². The van der Waals surface area contributed by atoms with E-state index in [-0.39, 0.29) is 11.7 Å². The first-order chi connectivity index (χ1) is 13.1. The Bertz CT molecular complexity index is 923. The minimum absolute atomic E-state index is 0.125. The Balaban J connectivity index is 1.42. The molecule has 8 heteroatoms. The molecule has 1 saturated heterocycles. The molecular formula is C19H22N2O5S. The normalized spacial score (nSPS) is 17.8. The fraction of sp³-hybridized carbons (Fsp3) is 0.368. The van der Waals surface area contributed by atoms with Gasteiger partial charge < -0.3 is 14.2 Å². The summed E-state index contributed by atoms with van der Waals surface area (Å²) >= 11 is 0. The number of sulfonamides is 1. The molecule has 0 unspecified atom stereocenters. The van der Waals surface area contributed by atoms with Crippen LogP contribution in [0, 0.1) is 0 Å². The van der Waals surface area contributed by atoms with E-state index in [1.807, 2.05) is 24.3 Å². The molecule has 4 rings (SSSR count). The van der Waals surface area contributed by atoms with Crippen LogP contribution in [0.2, 0.25) is 0 Å². The van der Waals surface area contributed by atoms with Crippen molar-refractivity contribution in [1.29, 1.82) is 0 Å². The highest BCUT2D eigenvalue weighted by atomic mass is 32.2. The van der Waals surface area contributed by atoms with Crippen molar-refractivity contribution in [3.05, 3.63) is 48.0 Å². The number of benzene rings is 2. The van der Waals surface area contributed by atoms with Gasteiger partial charge in [0.15, 0.2) is 11.5 Å². The molecule has 2 aliphatic rings. The maximum atomic E-state index is 12.9. The molecule has 0 aromatic heterocycles. The summed E-state index contributed by atoms with van der Waals surface area (Å²) in [7, 11) is -1.88. The van der Waals surface area contributed by atoms with Gasteiger partial charge in [-0.05, 0) is 18.2 Å². The Morgan fingerprint density at radius 1 is 1.00 bits per heavy atom. The molecule has 0 radical (unpaired) electrons. The van der Waals surface area contributed by atoms with Crippen molar-refractivity contribution in [1.82, 2.24) is 9.21 Å². The predicted molar refractivity (Wildman–Crippen MR) is 99.6 cm³/mol. The lowest BCUT2D eigenvalue weighted by Gasteiger charge is -2.34. The molecule has 0 bridgehead atoms. The molecule has 7 nitrogen and oxygen atoms in total. The minimum Gasteiger partial charge on any atom is -0.496 e. The van der Waals surface area contributed by atoms with Crippen molar-refractivity contribution in [3.8, 4) is 17.2 Å². The molecular weight excluding hydrogens is 368 g/mol. The topological polar surface area (TPSA) is 68.3 Å². The van der Waals surface area contributed by atoms with Crippen LogP contribution < -0.4 is 14.2 Å². The quantitative estimate of drug-likeness (QED) is 0.777. The highest BCUT2D eigenvalue weighted by Crippen LogP contribution is 2.34. The molecule has 2 heterocycles. The molecule has 2 aromatic carbocycles. The third kappa shape index (κ3) is 3.60. The van der Waals surface area contributed by atoms with Gasteiger partial charge in [-0.15, -0.1) is 0 Å². The van der Waals surface area contributed by atoms with E-state index in [9.17, 15) is 8.42 Å². The largest absolute Gasteiger partial charge is 0.496 e. The van der Waals surface area contributed by atoms with Crippen LogP contribution in [0.3, 0.4) is 0 Å². The summed E-state index contributed by atoms with van der Waals surface area (Å²) in [5.41, 5.74) is 1.10. The van der Waals surface area contributed by atoms with Gasteiger partial charge in [-0.2, -0.15) is 4.31 Å². The van der Waals surface area contributed by atoms with Gasteiger partial charge in [-0.25, -0.2) is 8.42 Å². The molecule has 0 N–H and O–H groups in total. The zero-order valence-electron chi connectivity index (χ0n) is 15.1. The van der Waals surface area contributed by atoms with Crippen molar-refractivity contribution >= 4 is 10.0 Å². The number of rotatable bonds is 5. The van der Waals surface area contributed by atoms with Crippen LogP contribution in [0.15, 0.2) is 47.4 Å². The highest BCUT2D eigenvalue weighted by Gasteiger charge is 2.30. The second-order valence-electron chi connectivity index (χ2n) is 6.51. The van der Waals surface area contributed by atoms with Gasteiger partial charge in [0.1, 0.15) is 5.75 Å². The average Bonchev–Trinajstić information content (AvgIpc) is 3.17. The van der Waals surface area contributed by atoms with E-state index in [4.69, 9.17) is 14.2 Å². The van der Waals surface area contributed by atoms with Crippen LogP contribution in [-0.4, -0.2) is 57.7 Å². The number of nitrogens with zero attached hydrogens (tertiary/aromatic N) is 2. The number of hydrogen-bond acceptors (Lipinski definition) is 6. The lowest BCUT2D eigenvalue weighted by atomic mass is 10.2. The summed E-state index contributed by atoms with van der Waals surface area (Å²) in [5.74, 6) is 1.91. The Kier molecular flexibility index (Phi) is 4.94. The van der Waals surface area contributed by atoms with Crippen LogP contribution >= 0.6 is 0 Å². The van der Waals surface area contributed by atoms with Crippen LogP contribution in [-0.2, 0) is 16.6 Å². The number of hydrogen-bond donors (Lipinski definition) is 0. The monoisotopic (exact) mass is 390 g/mol. The smallest absolute Gasteiger partial charge is 0.243 e. The van der Waals surface area contributed by atoms with E-state index < -0.39 is 10.0 Å². The van der Waals surface area contributed by atoms with E-state index in [1.165, 1.54) is 4.31 Å². The molecule has 1 fully saturated rings. The van der Waals surface area contributed by atoms with Gasteiger partial charge in [0, 0.05) is 44.4 Å². The molecule has 0 spiro atoms. The molecule has 2 aliphatic heterocycles. The molecule has 27 heavy (non-hydrogen) atoms. The lowest BCUT2D eigenvalue weighted by molar-refractivity contribution is 0.173. The molecule has 0 atom stereocenters. The van der Waals surface area contributed by atoms with Crippen molar-refractivity contribution in [2.24, 2.45) is 0 Å². The number of para-hydroxylation sites is 1. The first-order valence-corrected chi connectivity index (χ1v) is 10.3. The fourth-order valence-corrected chi connectivity index (χ4v) is 4.83. The number of fused-ring (bicyclic) bond motifs is 1. The number of piperazine rings is 1. The summed E-state index contributed by atoms with van der Waals surface area (Å²) in [6, 6.07) is 12.7. The van der Waals surface area contributed by atoms with Gasteiger partial charge in [-0.1, -0.05) is 18.2 Å². The molecule has 2 aromatic rings. The van der Waals surface area contributed by atoms with E-state index >= 15 is 0 Å². The third-order valence-corrected chi connectivity index (χ3v) is 6.79. The first-order valence-electron chi connectivity index (χ1n) is 8.82. The molecule has 0 saturated carbocycles. The third-order valence-electron chi connectivity index (χ3n) is 4.90. The summed E-state index contributed by atoms with van der Waals surface area (Å²) in [5, 5.41) is 0. The van der Waals surface area contributed by atoms with Gasteiger partial charge in [0.25, 0.3) is 0 Å². The summed E-state index contributed by atoms with van der Waals surface area (Å²) in [6.45, 7) is 3.10. The van der Waals surface area contributed by atoms with E-state index in [0.717, 1.165) is 17.9 Å². The van der Waals surface area contributed by atoms with E-state index in [1.54, 1.807) is 25.3 Å². The minimum atomic E-state index is -3.55. The summed E-state index contributed by atoms with van der Waals surface area (Å²) < 4.78 is 43.4. The maximum Gasteiger partial charge on any atom is 0.243 e. The van der Waals surface area contributed by atoms with Crippen molar-refractivity contribution in [2.45, 2.75) is 11.4 Å².